The first-order valence-electron chi connectivity index (χ1n) is 8.45. The number of carbonyl (C=O) groups excluding carboxylic acids is 1. The fourth-order valence-electron chi connectivity index (χ4n) is 2.18. The molecule has 2 aromatic rings. The van der Waals surface area contributed by atoms with E-state index >= 15 is 0 Å². The van der Waals surface area contributed by atoms with Crippen LogP contribution in [0.5, 0.6) is 11.5 Å². The lowest BCUT2D eigenvalue weighted by atomic mass is 10.2. The number of hydrogen-bond acceptors (Lipinski definition) is 5. The van der Waals surface area contributed by atoms with Crippen LogP contribution in [0.15, 0.2) is 52.0 Å². The van der Waals surface area contributed by atoms with Gasteiger partial charge in [0.1, 0.15) is 0 Å². The van der Waals surface area contributed by atoms with Crippen molar-refractivity contribution in [2.75, 3.05) is 25.6 Å². The third-order valence-electron chi connectivity index (χ3n) is 3.37. The molecule has 0 bridgehead atoms. The monoisotopic (exact) mass is 464 g/mol. The van der Waals surface area contributed by atoms with Crippen LogP contribution in [0, 0.1) is 0 Å². The van der Waals surface area contributed by atoms with E-state index < -0.39 is 0 Å². The van der Waals surface area contributed by atoms with Crippen LogP contribution in [0.4, 0.5) is 5.69 Å². The molecule has 0 unspecified atom stereocenters. The van der Waals surface area contributed by atoms with Crippen LogP contribution < -0.4 is 25.5 Å². The Labute approximate surface area is 177 Å². The summed E-state index contributed by atoms with van der Waals surface area (Å²) in [5.74, 6) is 0.628. The third-order valence-corrected chi connectivity index (χ3v) is 4.20. The molecule has 0 saturated carbocycles. The van der Waals surface area contributed by atoms with E-state index in [0.717, 1.165) is 5.56 Å². The molecule has 0 aliphatic carbocycles. The number of amides is 1. The summed E-state index contributed by atoms with van der Waals surface area (Å²) in [6.07, 6.45) is 1.60. The molecule has 0 saturated heterocycles. The second-order valence-corrected chi connectivity index (χ2v) is 6.73. The summed E-state index contributed by atoms with van der Waals surface area (Å²) in [4.78, 5) is 12.1. The van der Waals surface area contributed by atoms with Gasteiger partial charge in [0, 0.05) is 12.2 Å². The number of hydrogen-bond donors (Lipinski definition) is 3. The Kier molecular flexibility index (Phi) is 8.70. The number of hydrazone groups is 1. The van der Waals surface area contributed by atoms with Crippen molar-refractivity contribution in [3.63, 3.8) is 0 Å². The fraction of sp³-hybridized carbons (Fsp3) is 0.211. The number of methoxy groups -OCH3 is 1. The van der Waals surface area contributed by atoms with E-state index in [1.165, 1.54) is 7.11 Å². The van der Waals surface area contributed by atoms with Gasteiger partial charge in [-0.25, -0.2) is 0 Å². The maximum Gasteiger partial charge on any atom is 0.262 e. The van der Waals surface area contributed by atoms with E-state index in [1.54, 1.807) is 30.5 Å². The second kappa shape index (κ2) is 11.3. The molecule has 0 heterocycles. The zero-order valence-corrected chi connectivity index (χ0v) is 17.9. The van der Waals surface area contributed by atoms with E-state index in [1.807, 2.05) is 25.1 Å². The normalized spacial score (nSPS) is 10.4. The number of halogens is 1. The van der Waals surface area contributed by atoms with Crippen LogP contribution in [0.2, 0.25) is 0 Å². The Morgan fingerprint density at radius 3 is 2.71 bits per heavy atom. The number of rotatable bonds is 8. The number of carbonyl (C=O) groups is 1. The minimum absolute atomic E-state index is 0.157. The van der Waals surface area contributed by atoms with E-state index in [9.17, 15) is 4.79 Å². The van der Waals surface area contributed by atoms with Crippen molar-refractivity contribution in [2.45, 2.75) is 6.92 Å². The lowest BCUT2D eigenvalue weighted by molar-refractivity contribution is -0.118. The Bertz CT molecular complexity index is 847. The Hall–Kier alpha value is -2.65. The molecule has 2 rings (SSSR count). The number of nitrogens with one attached hydrogen (secondary N) is 3. The minimum Gasteiger partial charge on any atom is -0.493 e. The molecule has 0 fully saturated rings. The number of thiocarbonyl (C=S) groups is 1. The Balaban J connectivity index is 2.01. The molecule has 0 aromatic heterocycles. The lowest BCUT2D eigenvalue weighted by Gasteiger charge is -2.13. The highest BCUT2D eigenvalue weighted by Crippen LogP contribution is 2.36. The van der Waals surface area contributed by atoms with Gasteiger partial charge in [-0.1, -0.05) is 18.2 Å². The van der Waals surface area contributed by atoms with Crippen molar-refractivity contribution in [3.05, 3.63) is 52.5 Å². The maximum atomic E-state index is 12.1. The third kappa shape index (κ3) is 6.82. The average molecular weight is 465 g/mol. The van der Waals surface area contributed by atoms with Crippen molar-refractivity contribution >= 4 is 51.1 Å². The van der Waals surface area contributed by atoms with E-state index in [4.69, 9.17) is 21.7 Å². The quantitative estimate of drug-likeness (QED) is 0.315. The summed E-state index contributed by atoms with van der Waals surface area (Å²) in [6.45, 7) is 2.50. The van der Waals surface area contributed by atoms with Gasteiger partial charge in [-0.05, 0) is 64.9 Å². The van der Waals surface area contributed by atoms with Crippen LogP contribution in [0.25, 0.3) is 0 Å². The molecular formula is C19H21BrN4O3S. The molecule has 1 amide bonds. The van der Waals surface area contributed by atoms with Gasteiger partial charge in [0.15, 0.2) is 23.2 Å². The zero-order valence-electron chi connectivity index (χ0n) is 15.5. The molecule has 7 nitrogen and oxygen atoms in total. The maximum absolute atomic E-state index is 12.1. The summed E-state index contributed by atoms with van der Waals surface area (Å²) >= 11 is 8.49. The van der Waals surface area contributed by atoms with Crippen molar-refractivity contribution in [1.82, 2.24) is 10.7 Å². The zero-order chi connectivity index (χ0) is 20.4. The molecule has 0 atom stereocenters. The smallest absolute Gasteiger partial charge is 0.262 e. The first kappa shape index (κ1) is 21.6. The van der Waals surface area contributed by atoms with Crippen molar-refractivity contribution in [1.29, 1.82) is 0 Å². The molecule has 2 aromatic carbocycles. The van der Waals surface area contributed by atoms with Gasteiger partial charge in [0.05, 0.1) is 17.8 Å². The molecule has 28 heavy (non-hydrogen) atoms. The summed E-state index contributed by atoms with van der Waals surface area (Å²) in [7, 11) is 1.53. The van der Waals surface area contributed by atoms with Gasteiger partial charge < -0.3 is 20.1 Å². The van der Waals surface area contributed by atoms with Crippen LogP contribution in [-0.4, -0.2) is 37.5 Å². The first-order valence-corrected chi connectivity index (χ1v) is 9.65. The van der Waals surface area contributed by atoms with E-state index in [0.29, 0.717) is 33.3 Å². The van der Waals surface area contributed by atoms with E-state index in [2.05, 4.69) is 37.1 Å². The number of ether oxygens (including phenoxy) is 2. The number of anilines is 1. The molecule has 0 spiro atoms. The van der Waals surface area contributed by atoms with Crippen LogP contribution in [0.3, 0.4) is 0 Å². The largest absolute Gasteiger partial charge is 0.493 e. The predicted molar refractivity (Wildman–Crippen MR) is 118 cm³/mol. The van der Waals surface area contributed by atoms with Crippen molar-refractivity contribution in [2.24, 2.45) is 5.10 Å². The average Bonchev–Trinajstić information content (AvgIpc) is 2.67. The summed E-state index contributed by atoms with van der Waals surface area (Å²) in [6, 6.07) is 12.7. The summed E-state index contributed by atoms with van der Waals surface area (Å²) < 4.78 is 11.7. The molecular weight excluding hydrogens is 444 g/mol. The van der Waals surface area contributed by atoms with Gasteiger partial charge in [0.2, 0.25) is 0 Å². The summed E-state index contributed by atoms with van der Waals surface area (Å²) in [5.41, 5.74) is 4.18. The highest BCUT2D eigenvalue weighted by molar-refractivity contribution is 9.10. The molecule has 148 valence electrons. The lowest BCUT2D eigenvalue weighted by Crippen LogP contribution is -2.31. The molecule has 0 aliphatic heterocycles. The van der Waals surface area contributed by atoms with E-state index in [-0.39, 0.29) is 12.5 Å². The van der Waals surface area contributed by atoms with Crippen LogP contribution >= 0.6 is 28.1 Å². The fourth-order valence-corrected chi connectivity index (χ4v) is 2.95. The highest BCUT2D eigenvalue weighted by atomic mass is 79.9. The van der Waals surface area contributed by atoms with Gasteiger partial charge in [-0.2, -0.15) is 5.10 Å². The van der Waals surface area contributed by atoms with Crippen molar-refractivity contribution < 1.29 is 14.3 Å². The van der Waals surface area contributed by atoms with Gasteiger partial charge >= 0.3 is 0 Å². The van der Waals surface area contributed by atoms with Crippen molar-refractivity contribution in [3.8, 4) is 11.5 Å². The molecule has 9 heteroatoms. The van der Waals surface area contributed by atoms with Gasteiger partial charge in [-0.15, -0.1) is 0 Å². The number of para-hydroxylation sites is 1. The van der Waals surface area contributed by atoms with Gasteiger partial charge in [-0.3, -0.25) is 10.2 Å². The minimum atomic E-state index is -0.271. The predicted octanol–water partition coefficient (Wildman–Crippen LogP) is 3.29. The molecule has 0 radical (unpaired) electrons. The Morgan fingerprint density at radius 2 is 2.04 bits per heavy atom. The highest BCUT2D eigenvalue weighted by Gasteiger charge is 2.13. The number of benzene rings is 2. The topological polar surface area (TPSA) is 84.0 Å². The molecule has 0 aliphatic rings. The summed E-state index contributed by atoms with van der Waals surface area (Å²) in [5, 5.41) is 10.2. The second-order valence-electron chi connectivity index (χ2n) is 5.47. The van der Waals surface area contributed by atoms with Gasteiger partial charge in [0.25, 0.3) is 5.91 Å². The first-order chi connectivity index (χ1) is 13.5. The van der Waals surface area contributed by atoms with Crippen LogP contribution in [-0.2, 0) is 4.79 Å². The Morgan fingerprint density at radius 1 is 1.29 bits per heavy atom. The SMILES string of the molecule is CCNC(=S)NN=Cc1cc(Br)c(OCC(=O)Nc2ccccc2)c(OC)c1. The number of nitrogens with zero attached hydrogens (tertiary/aromatic N) is 1. The molecule has 3 N–H and O–H groups in total. The van der Waals surface area contributed by atoms with Crippen LogP contribution in [0.1, 0.15) is 12.5 Å². The standard InChI is InChI=1S/C19H21BrN4O3S/c1-3-21-19(28)24-22-11-13-9-15(20)18(16(10-13)26-2)27-12-17(25)23-14-7-5-4-6-8-14/h4-11H,3,12H2,1-2H3,(H,23,25)(H2,21,24,28).